The van der Waals surface area contributed by atoms with Crippen LogP contribution >= 0.6 is 0 Å². The van der Waals surface area contributed by atoms with Crippen molar-refractivity contribution in [3.05, 3.63) is 24.4 Å². The number of anilines is 1. The van der Waals surface area contributed by atoms with Crippen LogP contribution in [-0.4, -0.2) is 77.0 Å². The van der Waals surface area contributed by atoms with Crippen LogP contribution in [0, 0.1) is 5.92 Å². The number of hydrogen-bond acceptors (Lipinski definition) is 5. The molecule has 9 heteroatoms. The first-order valence-corrected chi connectivity index (χ1v) is 9.54. The molecule has 0 aliphatic carbocycles. The van der Waals surface area contributed by atoms with Crippen LogP contribution in [0.3, 0.4) is 0 Å². The van der Waals surface area contributed by atoms with Crippen LogP contribution in [0.15, 0.2) is 24.4 Å². The second kappa shape index (κ2) is 7.59. The number of hydrogen-bond donors (Lipinski definition) is 2. The Morgan fingerprint density at radius 2 is 2.11 bits per heavy atom. The SMILES string of the molecule is NC(=O)CN1CCC[C@@H](C(=O)N2CCN(c3ccc4cn[nH]c4c3)C(=O)C2)C1. The van der Waals surface area contributed by atoms with Crippen LogP contribution in [0.4, 0.5) is 5.69 Å². The van der Waals surface area contributed by atoms with Gasteiger partial charge in [0.05, 0.1) is 24.2 Å². The molecule has 0 spiro atoms. The first kappa shape index (κ1) is 18.4. The number of piperazine rings is 1. The number of H-pyrrole nitrogens is 1. The molecule has 4 rings (SSSR count). The average Bonchev–Trinajstić information content (AvgIpc) is 3.15. The molecule has 0 radical (unpaired) electrons. The fraction of sp³-hybridized carbons (Fsp3) is 0.474. The number of carbonyl (C=O) groups excluding carboxylic acids is 3. The molecule has 148 valence electrons. The number of likely N-dealkylation sites (tertiary alicyclic amines) is 1. The quantitative estimate of drug-likeness (QED) is 0.766. The highest BCUT2D eigenvalue weighted by Crippen LogP contribution is 2.24. The van der Waals surface area contributed by atoms with E-state index >= 15 is 0 Å². The number of rotatable bonds is 4. The maximum absolute atomic E-state index is 12.9. The normalized spacial score (nSPS) is 21.3. The Kier molecular flexibility index (Phi) is 4.99. The predicted octanol–water partition coefficient (Wildman–Crippen LogP) is -0.0646. The van der Waals surface area contributed by atoms with Crippen LogP contribution in [0.25, 0.3) is 10.9 Å². The van der Waals surface area contributed by atoms with Crippen molar-refractivity contribution in [3.63, 3.8) is 0 Å². The van der Waals surface area contributed by atoms with Crippen LogP contribution in [0.5, 0.6) is 0 Å². The van der Waals surface area contributed by atoms with E-state index < -0.39 is 0 Å². The minimum Gasteiger partial charge on any atom is -0.369 e. The van der Waals surface area contributed by atoms with E-state index in [-0.39, 0.29) is 36.7 Å². The van der Waals surface area contributed by atoms with E-state index in [0.29, 0.717) is 19.6 Å². The van der Waals surface area contributed by atoms with Gasteiger partial charge in [0, 0.05) is 30.7 Å². The zero-order valence-electron chi connectivity index (χ0n) is 15.6. The molecule has 3 heterocycles. The predicted molar refractivity (Wildman–Crippen MR) is 103 cm³/mol. The molecule has 1 aromatic heterocycles. The molecule has 2 fully saturated rings. The smallest absolute Gasteiger partial charge is 0.246 e. The molecule has 3 amide bonds. The monoisotopic (exact) mass is 384 g/mol. The summed E-state index contributed by atoms with van der Waals surface area (Å²) in [6.45, 7) is 2.50. The van der Waals surface area contributed by atoms with E-state index in [0.717, 1.165) is 36.0 Å². The lowest BCUT2D eigenvalue weighted by Gasteiger charge is -2.38. The highest BCUT2D eigenvalue weighted by molar-refractivity contribution is 5.99. The van der Waals surface area contributed by atoms with Gasteiger partial charge in [0.25, 0.3) is 0 Å². The zero-order valence-corrected chi connectivity index (χ0v) is 15.6. The van der Waals surface area contributed by atoms with Crippen molar-refractivity contribution in [1.29, 1.82) is 0 Å². The fourth-order valence-electron chi connectivity index (χ4n) is 4.11. The molecule has 9 nitrogen and oxygen atoms in total. The first-order valence-electron chi connectivity index (χ1n) is 9.54. The number of primary amides is 1. The third-order valence-corrected chi connectivity index (χ3v) is 5.50. The number of benzene rings is 1. The molecular weight excluding hydrogens is 360 g/mol. The lowest BCUT2D eigenvalue weighted by Crippen LogP contribution is -2.55. The fourth-order valence-corrected chi connectivity index (χ4v) is 4.11. The van der Waals surface area contributed by atoms with Crippen molar-refractivity contribution >= 4 is 34.3 Å². The Morgan fingerprint density at radius 3 is 2.89 bits per heavy atom. The van der Waals surface area contributed by atoms with Gasteiger partial charge >= 0.3 is 0 Å². The summed E-state index contributed by atoms with van der Waals surface area (Å²) < 4.78 is 0. The van der Waals surface area contributed by atoms with E-state index in [1.54, 1.807) is 16.0 Å². The van der Waals surface area contributed by atoms with Crippen molar-refractivity contribution in [2.75, 3.05) is 44.2 Å². The summed E-state index contributed by atoms with van der Waals surface area (Å²) in [6, 6.07) is 5.73. The molecule has 2 aliphatic rings. The molecule has 0 saturated carbocycles. The number of aromatic nitrogens is 2. The van der Waals surface area contributed by atoms with Gasteiger partial charge in [-0.3, -0.25) is 24.4 Å². The number of nitrogens with two attached hydrogens (primary N) is 1. The Balaban J connectivity index is 1.40. The molecular formula is C19H24N6O3. The highest BCUT2D eigenvalue weighted by atomic mass is 16.2. The third-order valence-electron chi connectivity index (χ3n) is 5.50. The number of nitrogens with zero attached hydrogens (tertiary/aromatic N) is 4. The maximum atomic E-state index is 12.9. The lowest BCUT2D eigenvalue weighted by atomic mass is 9.96. The summed E-state index contributed by atoms with van der Waals surface area (Å²) in [6.07, 6.45) is 3.37. The summed E-state index contributed by atoms with van der Waals surface area (Å²) in [7, 11) is 0. The van der Waals surface area contributed by atoms with Crippen molar-refractivity contribution in [3.8, 4) is 0 Å². The van der Waals surface area contributed by atoms with E-state index in [1.807, 2.05) is 23.1 Å². The van der Waals surface area contributed by atoms with Gasteiger partial charge in [0.1, 0.15) is 6.54 Å². The number of fused-ring (bicyclic) bond motifs is 1. The van der Waals surface area contributed by atoms with Crippen LogP contribution in [-0.2, 0) is 14.4 Å². The van der Waals surface area contributed by atoms with Crippen molar-refractivity contribution < 1.29 is 14.4 Å². The number of carbonyl (C=O) groups is 3. The van der Waals surface area contributed by atoms with Crippen molar-refractivity contribution in [2.45, 2.75) is 12.8 Å². The molecule has 2 saturated heterocycles. The lowest BCUT2D eigenvalue weighted by molar-refractivity contribution is -0.142. The molecule has 0 bridgehead atoms. The summed E-state index contributed by atoms with van der Waals surface area (Å²) in [5, 5.41) is 7.90. The number of aromatic amines is 1. The number of amides is 3. The van der Waals surface area contributed by atoms with Gasteiger partial charge in [-0.25, -0.2) is 0 Å². The summed E-state index contributed by atoms with van der Waals surface area (Å²) >= 11 is 0. The Bertz CT molecular complexity index is 910. The average molecular weight is 384 g/mol. The van der Waals surface area contributed by atoms with Crippen LogP contribution in [0.1, 0.15) is 12.8 Å². The largest absolute Gasteiger partial charge is 0.369 e. The zero-order chi connectivity index (χ0) is 19.7. The van der Waals surface area contributed by atoms with Gasteiger partial charge < -0.3 is 15.5 Å². The molecule has 2 aliphatic heterocycles. The van der Waals surface area contributed by atoms with E-state index in [9.17, 15) is 14.4 Å². The van der Waals surface area contributed by atoms with Crippen LogP contribution in [0.2, 0.25) is 0 Å². The summed E-state index contributed by atoms with van der Waals surface area (Å²) in [5.74, 6) is -0.672. The topological polar surface area (TPSA) is 116 Å². The Morgan fingerprint density at radius 1 is 1.25 bits per heavy atom. The Hall–Kier alpha value is -2.94. The minimum atomic E-state index is -0.383. The second-order valence-corrected chi connectivity index (χ2v) is 7.49. The summed E-state index contributed by atoms with van der Waals surface area (Å²) in [5.41, 5.74) is 6.95. The standard InChI is InChI=1S/C19H24N6O3/c20-17(26)11-23-5-1-2-14(10-23)19(28)24-6-7-25(18(27)12-24)15-4-3-13-9-21-22-16(13)8-15/h3-4,8-9,14H,1-2,5-7,10-12H2,(H2,20,26)(H,21,22)/t14-/m1/s1. The van der Waals surface area contributed by atoms with Gasteiger partial charge in [0.15, 0.2) is 0 Å². The molecule has 3 N–H and O–H groups in total. The van der Waals surface area contributed by atoms with Gasteiger partial charge in [0.2, 0.25) is 17.7 Å². The second-order valence-electron chi connectivity index (χ2n) is 7.49. The van der Waals surface area contributed by atoms with E-state index in [2.05, 4.69) is 10.2 Å². The molecule has 1 atom stereocenters. The molecule has 1 aromatic carbocycles. The first-order chi connectivity index (χ1) is 13.5. The van der Waals surface area contributed by atoms with Gasteiger partial charge in [-0.15, -0.1) is 0 Å². The van der Waals surface area contributed by atoms with Gasteiger partial charge in [-0.05, 0) is 37.6 Å². The van der Waals surface area contributed by atoms with E-state index in [4.69, 9.17) is 5.73 Å². The van der Waals surface area contributed by atoms with E-state index in [1.165, 1.54) is 0 Å². The molecule has 28 heavy (non-hydrogen) atoms. The number of piperidine rings is 1. The van der Waals surface area contributed by atoms with Crippen molar-refractivity contribution in [1.82, 2.24) is 20.0 Å². The maximum Gasteiger partial charge on any atom is 0.246 e. The minimum absolute atomic E-state index is 0.00816. The van der Waals surface area contributed by atoms with Gasteiger partial charge in [-0.2, -0.15) is 5.10 Å². The van der Waals surface area contributed by atoms with Crippen molar-refractivity contribution in [2.24, 2.45) is 11.7 Å². The van der Waals surface area contributed by atoms with Gasteiger partial charge in [-0.1, -0.05) is 0 Å². The highest BCUT2D eigenvalue weighted by Gasteiger charge is 2.34. The number of nitrogens with one attached hydrogen (secondary N) is 1. The summed E-state index contributed by atoms with van der Waals surface area (Å²) in [4.78, 5) is 42.1. The Labute approximate surface area is 162 Å². The molecule has 2 aromatic rings. The molecule has 0 unspecified atom stereocenters. The third kappa shape index (κ3) is 3.70. The van der Waals surface area contributed by atoms with Crippen LogP contribution < -0.4 is 10.6 Å².